The molecular weight excluding hydrogens is 206 g/mol. The number of methoxy groups -OCH3 is 1. The van der Waals surface area contributed by atoms with Crippen molar-refractivity contribution in [1.82, 2.24) is 15.5 Å². The van der Waals surface area contributed by atoms with Crippen molar-refractivity contribution in [3.8, 4) is 0 Å². The van der Waals surface area contributed by atoms with Gasteiger partial charge in [-0.3, -0.25) is 9.89 Å². The molecule has 0 aliphatic rings. The SMILES string of the molecule is COC(C)(C)CC(=O)NCc1cn[nH]c1C. The molecule has 1 amide bonds. The Balaban J connectivity index is 2.39. The standard InChI is InChI=1S/C11H19N3O2/c1-8-9(7-13-14-8)6-12-10(15)5-11(2,3)16-4/h7H,5-6H2,1-4H3,(H,12,15)(H,13,14). The highest BCUT2D eigenvalue weighted by atomic mass is 16.5. The van der Waals surface area contributed by atoms with Crippen LogP contribution in [0.3, 0.4) is 0 Å². The molecule has 0 spiro atoms. The number of nitrogens with one attached hydrogen (secondary N) is 2. The zero-order valence-corrected chi connectivity index (χ0v) is 10.3. The van der Waals surface area contributed by atoms with Gasteiger partial charge in [0.25, 0.3) is 0 Å². The molecule has 0 saturated carbocycles. The minimum absolute atomic E-state index is 0.0209. The summed E-state index contributed by atoms with van der Waals surface area (Å²) in [4.78, 5) is 11.6. The molecule has 1 heterocycles. The minimum atomic E-state index is -0.421. The van der Waals surface area contributed by atoms with Gasteiger partial charge in [0.15, 0.2) is 0 Å². The fourth-order valence-corrected chi connectivity index (χ4v) is 1.27. The number of aryl methyl sites for hydroxylation is 1. The molecule has 0 aliphatic heterocycles. The zero-order valence-electron chi connectivity index (χ0n) is 10.3. The Morgan fingerprint density at radius 3 is 2.81 bits per heavy atom. The van der Waals surface area contributed by atoms with Gasteiger partial charge in [-0.25, -0.2) is 0 Å². The number of nitrogens with zero attached hydrogens (tertiary/aromatic N) is 1. The second-order valence-electron chi connectivity index (χ2n) is 4.44. The Morgan fingerprint density at radius 2 is 2.31 bits per heavy atom. The van der Waals surface area contributed by atoms with Crippen molar-refractivity contribution < 1.29 is 9.53 Å². The van der Waals surface area contributed by atoms with Crippen molar-refractivity contribution in [3.63, 3.8) is 0 Å². The monoisotopic (exact) mass is 225 g/mol. The molecule has 0 fully saturated rings. The number of carbonyl (C=O) groups is 1. The molecule has 90 valence electrons. The Kier molecular flexibility index (Phi) is 4.06. The topological polar surface area (TPSA) is 67.0 Å². The van der Waals surface area contributed by atoms with E-state index in [9.17, 15) is 4.79 Å². The average molecular weight is 225 g/mol. The molecule has 0 aromatic carbocycles. The summed E-state index contributed by atoms with van der Waals surface area (Å²) in [6.07, 6.45) is 2.07. The van der Waals surface area contributed by atoms with Crippen molar-refractivity contribution in [2.45, 2.75) is 39.3 Å². The van der Waals surface area contributed by atoms with E-state index < -0.39 is 5.60 Å². The highest BCUT2D eigenvalue weighted by Crippen LogP contribution is 2.12. The molecule has 0 bridgehead atoms. The Morgan fingerprint density at radius 1 is 1.62 bits per heavy atom. The van der Waals surface area contributed by atoms with Gasteiger partial charge < -0.3 is 10.1 Å². The van der Waals surface area contributed by atoms with Crippen molar-refractivity contribution in [2.24, 2.45) is 0 Å². The third-order valence-corrected chi connectivity index (χ3v) is 2.55. The van der Waals surface area contributed by atoms with E-state index in [1.807, 2.05) is 20.8 Å². The lowest BCUT2D eigenvalue weighted by molar-refractivity contribution is -0.126. The number of ether oxygens (including phenoxy) is 1. The number of aromatic nitrogens is 2. The van der Waals surface area contributed by atoms with Gasteiger partial charge in [0.05, 0.1) is 18.2 Å². The maximum atomic E-state index is 11.6. The lowest BCUT2D eigenvalue weighted by atomic mass is 10.0. The number of amides is 1. The van der Waals surface area contributed by atoms with Crippen LogP contribution in [0.2, 0.25) is 0 Å². The Hall–Kier alpha value is -1.36. The van der Waals surface area contributed by atoms with E-state index in [0.717, 1.165) is 11.3 Å². The van der Waals surface area contributed by atoms with Gasteiger partial charge in [-0.15, -0.1) is 0 Å². The predicted octanol–water partition coefficient (Wildman–Crippen LogP) is 1.15. The molecule has 1 rings (SSSR count). The molecule has 5 heteroatoms. The number of aromatic amines is 1. The van der Waals surface area contributed by atoms with Crippen LogP contribution < -0.4 is 5.32 Å². The third-order valence-electron chi connectivity index (χ3n) is 2.55. The molecule has 0 unspecified atom stereocenters. The second kappa shape index (κ2) is 5.12. The number of hydrogen-bond acceptors (Lipinski definition) is 3. The fourth-order valence-electron chi connectivity index (χ4n) is 1.27. The van der Waals surface area contributed by atoms with Gasteiger partial charge in [0.2, 0.25) is 5.91 Å². The molecule has 5 nitrogen and oxygen atoms in total. The summed E-state index contributed by atoms with van der Waals surface area (Å²) in [6.45, 7) is 6.19. The molecule has 1 aromatic heterocycles. The van der Waals surface area contributed by atoms with E-state index in [0.29, 0.717) is 13.0 Å². The van der Waals surface area contributed by atoms with E-state index >= 15 is 0 Å². The van der Waals surface area contributed by atoms with Crippen LogP contribution in [-0.2, 0) is 16.1 Å². The summed E-state index contributed by atoms with van der Waals surface area (Å²) >= 11 is 0. The molecule has 0 radical (unpaired) electrons. The first-order valence-electron chi connectivity index (χ1n) is 5.25. The molecule has 0 saturated heterocycles. The summed E-state index contributed by atoms with van der Waals surface area (Å²) in [6, 6.07) is 0. The minimum Gasteiger partial charge on any atom is -0.378 e. The lowest BCUT2D eigenvalue weighted by Crippen LogP contribution is -2.33. The summed E-state index contributed by atoms with van der Waals surface area (Å²) in [7, 11) is 1.60. The first kappa shape index (κ1) is 12.7. The van der Waals surface area contributed by atoms with Gasteiger partial charge in [-0.05, 0) is 20.8 Å². The summed E-state index contributed by atoms with van der Waals surface area (Å²) in [5, 5.41) is 9.55. The van der Waals surface area contributed by atoms with Crippen LogP contribution in [0.1, 0.15) is 31.5 Å². The van der Waals surface area contributed by atoms with E-state index in [1.165, 1.54) is 0 Å². The van der Waals surface area contributed by atoms with Crippen LogP contribution >= 0.6 is 0 Å². The maximum absolute atomic E-state index is 11.6. The summed E-state index contributed by atoms with van der Waals surface area (Å²) in [5.74, 6) is -0.0209. The number of hydrogen-bond donors (Lipinski definition) is 2. The largest absolute Gasteiger partial charge is 0.378 e. The molecule has 0 aliphatic carbocycles. The Labute approximate surface area is 95.6 Å². The fraction of sp³-hybridized carbons (Fsp3) is 0.636. The van der Waals surface area contributed by atoms with Gasteiger partial charge in [-0.2, -0.15) is 5.10 Å². The first-order valence-corrected chi connectivity index (χ1v) is 5.25. The lowest BCUT2D eigenvalue weighted by Gasteiger charge is -2.21. The first-order chi connectivity index (χ1) is 7.44. The van der Waals surface area contributed by atoms with Gasteiger partial charge in [-0.1, -0.05) is 0 Å². The van der Waals surface area contributed by atoms with Gasteiger partial charge in [0.1, 0.15) is 0 Å². The smallest absolute Gasteiger partial charge is 0.223 e. The zero-order chi connectivity index (χ0) is 12.2. The van der Waals surface area contributed by atoms with Crippen LogP contribution in [0.15, 0.2) is 6.20 Å². The van der Waals surface area contributed by atoms with Crippen molar-refractivity contribution in [3.05, 3.63) is 17.5 Å². The highest BCUT2D eigenvalue weighted by molar-refractivity contribution is 5.76. The number of rotatable bonds is 5. The molecule has 2 N–H and O–H groups in total. The molecule has 0 atom stereocenters. The third kappa shape index (κ3) is 3.66. The predicted molar refractivity (Wildman–Crippen MR) is 60.9 cm³/mol. The van der Waals surface area contributed by atoms with Crippen molar-refractivity contribution >= 4 is 5.91 Å². The second-order valence-corrected chi connectivity index (χ2v) is 4.44. The van der Waals surface area contributed by atoms with E-state index in [-0.39, 0.29) is 5.91 Å². The van der Waals surface area contributed by atoms with Crippen molar-refractivity contribution in [1.29, 1.82) is 0 Å². The van der Waals surface area contributed by atoms with E-state index in [4.69, 9.17) is 4.74 Å². The maximum Gasteiger partial charge on any atom is 0.223 e. The number of H-pyrrole nitrogens is 1. The quantitative estimate of drug-likeness (QED) is 0.790. The van der Waals surface area contributed by atoms with Crippen LogP contribution in [-0.4, -0.2) is 28.8 Å². The average Bonchev–Trinajstić information content (AvgIpc) is 2.60. The van der Waals surface area contributed by atoms with Gasteiger partial charge >= 0.3 is 0 Å². The molecule has 1 aromatic rings. The normalized spacial score (nSPS) is 11.5. The van der Waals surface area contributed by atoms with E-state index in [1.54, 1.807) is 13.3 Å². The molecular formula is C11H19N3O2. The van der Waals surface area contributed by atoms with Crippen molar-refractivity contribution in [2.75, 3.05) is 7.11 Å². The summed E-state index contributed by atoms with van der Waals surface area (Å²) in [5.41, 5.74) is 1.56. The molecule has 16 heavy (non-hydrogen) atoms. The highest BCUT2D eigenvalue weighted by Gasteiger charge is 2.20. The van der Waals surface area contributed by atoms with Crippen LogP contribution in [0, 0.1) is 6.92 Å². The Bertz CT molecular complexity index is 358. The van der Waals surface area contributed by atoms with Crippen LogP contribution in [0.5, 0.6) is 0 Å². The summed E-state index contributed by atoms with van der Waals surface area (Å²) < 4.78 is 5.19. The van der Waals surface area contributed by atoms with Crippen LogP contribution in [0.4, 0.5) is 0 Å². The van der Waals surface area contributed by atoms with Gasteiger partial charge in [0, 0.05) is 24.9 Å². The number of carbonyl (C=O) groups excluding carboxylic acids is 1. The van der Waals surface area contributed by atoms with Crippen LogP contribution in [0.25, 0.3) is 0 Å². The van der Waals surface area contributed by atoms with E-state index in [2.05, 4.69) is 15.5 Å².